The van der Waals surface area contributed by atoms with Crippen molar-refractivity contribution in [3.63, 3.8) is 0 Å². The number of rotatable bonds is 3. The van der Waals surface area contributed by atoms with Gasteiger partial charge in [0.25, 0.3) is 0 Å². The molecule has 1 amide bonds. The highest BCUT2D eigenvalue weighted by molar-refractivity contribution is 6.32. The van der Waals surface area contributed by atoms with E-state index >= 15 is 0 Å². The second-order valence-electron chi connectivity index (χ2n) is 6.67. The molecule has 9 heteroatoms. The number of piperidine rings is 1. The third-order valence-corrected chi connectivity index (χ3v) is 5.50. The first-order chi connectivity index (χ1) is 13.0. The number of carbonyl (C=O) groups excluding carboxylic acids is 1. The predicted molar refractivity (Wildman–Crippen MR) is 103 cm³/mol. The zero-order valence-corrected chi connectivity index (χ0v) is 15.8. The summed E-state index contributed by atoms with van der Waals surface area (Å²) in [6, 6.07) is 1.44. The van der Waals surface area contributed by atoms with Crippen molar-refractivity contribution in [3.05, 3.63) is 29.8 Å². The van der Waals surface area contributed by atoms with Gasteiger partial charge < -0.3 is 15.2 Å². The molecule has 0 radical (unpaired) electrons. The summed E-state index contributed by atoms with van der Waals surface area (Å²) in [6.45, 7) is 2.00. The van der Waals surface area contributed by atoms with Crippen molar-refractivity contribution in [3.8, 4) is 11.1 Å². The quantitative estimate of drug-likeness (QED) is 0.719. The van der Waals surface area contributed by atoms with Crippen LogP contribution in [0, 0.1) is 0 Å². The van der Waals surface area contributed by atoms with Gasteiger partial charge in [-0.05, 0) is 12.5 Å². The minimum absolute atomic E-state index is 0.0597. The number of aromatic nitrogens is 4. The Morgan fingerprint density at radius 1 is 1.41 bits per heavy atom. The molecular weight excluding hydrogens is 371 g/mol. The molecular formula is C18H20ClFN6O. The number of H-pyrrole nitrogens is 1. The van der Waals surface area contributed by atoms with Crippen LogP contribution in [0.3, 0.4) is 0 Å². The lowest BCUT2D eigenvalue weighted by Gasteiger charge is -2.34. The van der Waals surface area contributed by atoms with E-state index in [4.69, 9.17) is 11.6 Å². The number of alkyl halides is 1. The van der Waals surface area contributed by atoms with E-state index < -0.39 is 12.2 Å². The molecule has 0 unspecified atom stereocenters. The van der Waals surface area contributed by atoms with Crippen molar-refractivity contribution in [1.29, 1.82) is 0 Å². The molecule has 2 atom stereocenters. The van der Waals surface area contributed by atoms with Crippen molar-refractivity contribution >= 4 is 34.2 Å². The first kappa shape index (κ1) is 17.8. The third-order valence-electron chi connectivity index (χ3n) is 5.13. The largest absolute Gasteiger partial charge is 0.387 e. The number of carbonyl (C=O) groups is 1. The maximum Gasteiger partial charge on any atom is 0.219 e. The summed E-state index contributed by atoms with van der Waals surface area (Å²) in [7, 11) is 1.83. The van der Waals surface area contributed by atoms with Crippen molar-refractivity contribution in [2.24, 2.45) is 0 Å². The molecule has 0 aliphatic carbocycles. The molecule has 0 saturated carbocycles. The maximum absolute atomic E-state index is 14.7. The normalized spacial score (nSPS) is 20.2. The molecule has 1 aliphatic rings. The number of amides is 1. The number of nitrogens with zero attached hydrogens (tertiary/aromatic N) is 4. The molecule has 142 valence electrons. The zero-order valence-electron chi connectivity index (χ0n) is 15.0. The molecule has 1 aliphatic heterocycles. The second-order valence-corrected chi connectivity index (χ2v) is 7.03. The van der Waals surface area contributed by atoms with Crippen LogP contribution >= 0.6 is 11.6 Å². The molecule has 7 nitrogen and oxygen atoms in total. The fourth-order valence-corrected chi connectivity index (χ4v) is 4.01. The molecule has 4 heterocycles. The first-order valence-corrected chi connectivity index (χ1v) is 9.16. The summed E-state index contributed by atoms with van der Waals surface area (Å²) in [6.07, 6.45) is 4.44. The van der Waals surface area contributed by atoms with E-state index in [1.165, 1.54) is 16.5 Å². The highest BCUT2D eigenvalue weighted by atomic mass is 35.5. The van der Waals surface area contributed by atoms with Crippen LogP contribution in [0.5, 0.6) is 0 Å². The fourth-order valence-electron chi connectivity index (χ4n) is 3.69. The molecule has 0 spiro atoms. The van der Waals surface area contributed by atoms with E-state index in [2.05, 4.69) is 20.4 Å². The lowest BCUT2D eigenvalue weighted by molar-refractivity contribution is -0.131. The highest BCUT2D eigenvalue weighted by Gasteiger charge is 2.34. The Morgan fingerprint density at radius 3 is 2.93 bits per heavy atom. The van der Waals surface area contributed by atoms with E-state index in [0.717, 1.165) is 22.3 Å². The summed E-state index contributed by atoms with van der Waals surface area (Å²) in [5.74, 6) is -0.118. The summed E-state index contributed by atoms with van der Waals surface area (Å²) in [5, 5.41) is 8.86. The standard InChI is InChI=1S/C18H20ClFN6O/c1-10(27)25-6-4-15(14(20)9-25)26-17(19)13(8-24-26)12-7-23-18-11(3-5-22-18)16(12)21-2/h3,5,7-8,14-15H,4,6,9H2,1-2H3,(H2,21,22,23)/t14-,15-/m0/s1. The Labute approximate surface area is 160 Å². The van der Waals surface area contributed by atoms with E-state index in [1.807, 2.05) is 19.3 Å². The number of hydrogen-bond acceptors (Lipinski definition) is 4. The van der Waals surface area contributed by atoms with Crippen LogP contribution < -0.4 is 5.32 Å². The lowest BCUT2D eigenvalue weighted by atomic mass is 10.0. The van der Waals surface area contributed by atoms with Gasteiger partial charge in [0.2, 0.25) is 5.91 Å². The van der Waals surface area contributed by atoms with Gasteiger partial charge in [0, 0.05) is 49.4 Å². The van der Waals surface area contributed by atoms with Crippen molar-refractivity contribution in [2.75, 3.05) is 25.5 Å². The fraction of sp³-hybridized carbons (Fsp3) is 0.389. The van der Waals surface area contributed by atoms with Crippen LogP contribution in [0.2, 0.25) is 5.15 Å². The lowest BCUT2D eigenvalue weighted by Crippen LogP contribution is -2.45. The van der Waals surface area contributed by atoms with Crippen molar-refractivity contribution < 1.29 is 9.18 Å². The maximum atomic E-state index is 14.7. The third kappa shape index (κ3) is 2.93. The summed E-state index contributed by atoms with van der Waals surface area (Å²) in [4.78, 5) is 20.5. The molecule has 27 heavy (non-hydrogen) atoms. The van der Waals surface area contributed by atoms with Gasteiger partial charge in [-0.3, -0.25) is 4.79 Å². The molecule has 3 aromatic rings. The van der Waals surface area contributed by atoms with Gasteiger partial charge >= 0.3 is 0 Å². The number of fused-ring (bicyclic) bond motifs is 1. The van der Waals surface area contributed by atoms with Crippen LogP contribution in [0.25, 0.3) is 22.2 Å². The molecule has 3 aromatic heterocycles. The summed E-state index contributed by atoms with van der Waals surface area (Å²) < 4.78 is 16.2. The van der Waals surface area contributed by atoms with Gasteiger partial charge in [-0.15, -0.1) is 0 Å². The van der Waals surface area contributed by atoms with Gasteiger partial charge in [0.15, 0.2) is 0 Å². The smallest absolute Gasteiger partial charge is 0.219 e. The number of nitrogens with one attached hydrogen (secondary N) is 2. The van der Waals surface area contributed by atoms with Gasteiger partial charge in [0.1, 0.15) is 17.0 Å². The summed E-state index contributed by atoms with van der Waals surface area (Å²) >= 11 is 6.60. The van der Waals surface area contributed by atoms with E-state index in [1.54, 1.807) is 12.4 Å². The van der Waals surface area contributed by atoms with E-state index in [-0.39, 0.29) is 12.5 Å². The first-order valence-electron chi connectivity index (χ1n) is 8.78. The van der Waals surface area contributed by atoms with E-state index in [9.17, 15) is 9.18 Å². The molecule has 0 bridgehead atoms. The minimum atomic E-state index is -1.22. The summed E-state index contributed by atoms with van der Waals surface area (Å²) in [5.41, 5.74) is 3.15. The Morgan fingerprint density at radius 2 is 2.22 bits per heavy atom. The molecule has 2 N–H and O–H groups in total. The van der Waals surface area contributed by atoms with Crippen LogP contribution in [-0.4, -0.2) is 56.9 Å². The number of aromatic amines is 1. The second kappa shape index (κ2) is 6.84. The SMILES string of the molecule is CNc1c(-c2cnn([C@H]3CCN(C(C)=O)C[C@@H]3F)c2Cl)cnc2[nH]ccc12. The number of pyridine rings is 1. The van der Waals surface area contributed by atoms with Crippen molar-refractivity contribution in [2.45, 2.75) is 25.6 Å². The average molecular weight is 391 g/mol. The minimum Gasteiger partial charge on any atom is -0.387 e. The number of anilines is 1. The van der Waals surface area contributed by atoms with Crippen LogP contribution in [0.1, 0.15) is 19.4 Å². The topological polar surface area (TPSA) is 78.8 Å². The Bertz CT molecular complexity index is 999. The zero-order chi connectivity index (χ0) is 19.1. The predicted octanol–water partition coefficient (Wildman–Crippen LogP) is 3.25. The van der Waals surface area contributed by atoms with Crippen LogP contribution in [-0.2, 0) is 4.79 Å². The number of hydrogen-bond donors (Lipinski definition) is 2. The van der Waals surface area contributed by atoms with E-state index in [0.29, 0.717) is 23.7 Å². The van der Waals surface area contributed by atoms with Gasteiger partial charge in [0.05, 0.1) is 24.5 Å². The Hall–Kier alpha value is -2.61. The Balaban J connectivity index is 1.70. The Kier molecular flexibility index (Phi) is 4.51. The van der Waals surface area contributed by atoms with Gasteiger partial charge in [-0.2, -0.15) is 5.10 Å². The number of halogens is 2. The molecule has 1 fully saturated rings. The van der Waals surface area contributed by atoms with Crippen LogP contribution in [0.4, 0.5) is 10.1 Å². The molecule has 1 saturated heterocycles. The van der Waals surface area contributed by atoms with Crippen molar-refractivity contribution in [1.82, 2.24) is 24.6 Å². The molecule has 4 rings (SSSR count). The highest BCUT2D eigenvalue weighted by Crippen LogP contribution is 2.39. The number of likely N-dealkylation sites (tertiary alicyclic amines) is 1. The van der Waals surface area contributed by atoms with Gasteiger partial charge in [-0.25, -0.2) is 14.1 Å². The molecule has 0 aromatic carbocycles. The van der Waals surface area contributed by atoms with Gasteiger partial charge in [-0.1, -0.05) is 11.6 Å². The average Bonchev–Trinajstić information content (AvgIpc) is 3.27. The monoisotopic (exact) mass is 390 g/mol. The van der Waals surface area contributed by atoms with Crippen LogP contribution in [0.15, 0.2) is 24.7 Å².